The fourth-order valence-corrected chi connectivity index (χ4v) is 5.22. The fraction of sp³-hybridized carbons (Fsp3) is 0.267. The number of hydrogen-bond acceptors (Lipinski definition) is 7. The number of carbonyl (C=O) groups excluding carboxylic acids is 2. The number of aromatic hydroxyl groups is 1. The summed E-state index contributed by atoms with van der Waals surface area (Å²) < 4.78 is 10.8. The molecule has 3 N–H and O–H groups in total. The minimum absolute atomic E-state index is 0.0791. The number of hydrogen-bond donors (Lipinski definition) is 3. The van der Waals surface area contributed by atoms with Crippen LogP contribution in [-0.4, -0.2) is 30.9 Å². The molecule has 0 saturated carbocycles. The maximum atomic E-state index is 13.6. The van der Waals surface area contributed by atoms with Crippen LogP contribution in [0.25, 0.3) is 0 Å². The zero-order valence-electron chi connectivity index (χ0n) is 21.3. The number of allylic oxidation sites excluding steroid dienone is 1. The van der Waals surface area contributed by atoms with Crippen molar-refractivity contribution in [2.75, 3.05) is 24.9 Å². The molecular weight excluding hydrogens is 468 g/mol. The quantitative estimate of drug-likeness (QED) is 0.387. The van der Waals surface area contributed by atoms with Gasteiger partial charge in [-0.2, -0.15) is 0 Å². The number of anilines is 2. The van der Waals surface area contributed by atoms with Crippen LogP contribution in [0, 0.1) is 11.3 Å². The summed E-state index contributed by atoms with van der Waals surface area (Å²) in [6.45, 7) is 4.07. The molecule has 1 aliphatic carbocycles. The largest absolute Gasteiger partial charge is 0.502 e. The van der Waals surface area contributed by atoms with Crippen LogP contribution in [0.5, 0.6) is 17.2 Å². The predicted octanol–water partition coefficient (Wildman–Crippen LogP) is 5.72. The Kier molecular flexibility index (Phi) is 6.15. The van der Waals surface area contributed by atoms with Gasteiger partial charge in [-0.15, -0.1) is 0 Å². The normalized spacial score (nSPS) is 19.8. The van der Waals surface area contributed by atoms with Crippen LogP contribution in [0.3, 0.4) is 0 Å². The van der Waals surface area contributed by atoms with Gasteiger partial charge >= 0.3 is 0 Å². The lowest BCUT2D eigenvalue weighted by Gasteiger charge is -2.35. The first-order valence-corrected chi connectivity index (χ1v) is 12.2. The summed E-state index contributed by atoms with van der Waals surface area (Å²) >= 11 is 0. The van der Waals surface area contributed by atoms with Crippen molar-refractivity contribution in [2.24, 2.45) is 11.3 Å². The Morgan fingerprint density at radius 1 is 0.946 bits per heavy atom. The van der Waals surface area contributed by atoms with E-state index in [9.17, 15) is 14.7 Å². The average molecular weight is 499 g/mol. The van der Waals surface area contributed by atoms with E-state index in [1.54, 1.807) is 30.3 Å². The molecule has 0 unspecified atom stereocenters. The molecule has 0 radical (unpaired) electrons. The number of rotatable bonds is 5. The molecule has 2 atom stereocenters. The molecule has 37 heavy (non-hydrogen) atoms. The Labute approximate surface area is 216 Å². The van der Waals surface area contributed by atoms with Gasteiger partial charge in [0.2, 0.25) is 5.75 Å². The first-order chi connectivity index (χ1) is 17.7. The highest BCUT2D eigenvalue weighted by Crippen LogP contribution is 2.48. The average Bonchev–Trinajstić information content (AvgIpc) is 3.04. The van der Waals surface area contributed by atoms with Crippen LogP contribution >= 0.6 is 0 Å². The van der Waals surface area contributed by atoms with Gasteiger partial charge in [-0.3, -0.25) is 9.59 Å². The van der Waals surface area contributed by atoms with Gasteiger partial charge in [0, 0.05) is 23.2 Å². The molecule has 0 bridgehead atoms. The maximum Gasteiger partial charge on any atom is 0.200 e. The van der Waals surface area contributed by atoms with Crippen LogP contribution in [0.15, 0.2) is 72.4 Å². The summed E-state index contributed by atoms with van der Waals surface area (Å²) in [6, 6.07) is 17.6. The number of carbonyl (C=O) groups is 2. The molecule has 0 amide bonds. The Bertz CT molecular complexity index is 1390. The van der Waals surface area contributed by atoms with Crippen LogP contribution in [0.4, 0.5) is 11.4 Å². The van der Waals surface area contributed by atoms with Crippen molar-refractivity contribution in [1.82, 2.24) is 0 Å². The molecule has 1 aliphatic heterocycles. The molecule has 3 aromatic carbocycles. The molecule has 5 rings (SSSR count). The molecule has 190 valence electrons. The molecule has 0 aromatic heterocycles. The smallest absolute Gasteiger partial charge is 0.200 e. The van der Waals surface area contributed by atoms with Crippen molar-refractivity contribution >= 4 is 22.9 Å². The van der Waals surface area contributed by atoms with Gasteiger partial charge in [-0.1, -0.05) is 50.3 Å². The summed E-state index contributed by atoms with van der Waals surface area (Å²) in [6.07, 6.45) is 2.49. The molecule has 0 saturated heterocycles. The number of phenolic OH excluding ortho intramolecular Hbond substituents is 1. The van der Waals surface area contributed by atoms with E-state index < -0.39 is 12.0 Å². The number of phenols is 1. The third kappa shape index (κ3) is 4.53. The summed E-state index contributed by atoms with van der Waals surface area (Å²) in [4.78, 5) is 26.7. The zero-order chi connectivity index (χ0) is 26.3. The maximum absolute atomic E-state index is 13.6. The van der Waals surface area contributed by atoms with Gasteiger partial charge in [0.05, 0.1) is 37.6 Å². The molecule has 0 fully saturated rings. The van der Waals surface area contributed by atoms with Crippen molar-refractivity contribution in [1.29, 1.82) is 0 Å². The number of benzene rings is 3. The Hall–Kier alpha value is -4.26. The second-order valence-electron chi connectivity index (χ2n) is 10.2. The number of ether oxygens (including phenoxy) is 2. The summed E-state index contributed by atoms with van der Waals surface area (Å²) in [7, 11) is 2.95. The number of methoxy groups -OCH3 is 2. The highest BCUT2D eigenvalue weighted by atomic mass is 16.5. The number of Topliss-reactive ketones (excluding diaryl/α,β-unsaturated/α-hetero) is 1. The molecule has 7 nitrogen and oxygen atoms in total. The lowest BCUT2D eigenvalue weighted by Crippen LogP contribution is -2.36. The molecule has 2 aliphatic rings. The van der Waals surface area contributed by atoms with Crippen molar-refractivity contribution < 1.29 is 24.2 Å². The number of nitrogens with one attached hydrogen (secondary N) is 2. The second kappa shape index (κ2) is 9.32. The third-order valence-electron chi connectivity index (χ3n) is 6.96. The number of ketones is 2. The van der Waals surface area contributed by atoms with E-state index in [0.717, 1.165) is 16.9 Å². The van der Waals surface area contributed by atoms with E-state index in [-0.39, 0.29) is 34.2 Å². The molecule has 1 heterocycles. The second-order valence-corrected chi connectivity index (χ2v) is 10.2. The van der Waals surface area contributed by atoms with Crippen molar-refractivity contribution in [3.05, 3.63) is 89.1 Å². The van der Waals surface area contributed by atoms with Gasteiger partial charge < -0.3 is 25.2 Å². The van der Waals surface area contributed by atoms with Crippen molar-refractivity contribution in [3.8, 4) is 17.2 Å². The van der Waals surface area contributed by atoms with Gasteiger partial charge in [0.25, 0.3) is 0 Å². The summed E-state index contributed by atoms with van der Waals surface area (Å²) in [5.41, 5.74) is 3.79. The van der Waals surface area contributed by atoms with Gasteiger partial charge in [0.1, 0.15) is 5.78 Å². The predicted molar refractivity (Wildman–Crippen MR) is 142 cm³/mol. The van der Waals surface area contributed by atoms with Crippen molar-refractivity contribution in [3.63, 3.8) is 0 Å². The minimum Gasteiger partial charge on any atom is -0.502 e. The monoisotopic (exact) mass is 498 g/mol. The number of fused-ring (bicyclic) bond motifs is 2. The topological polar surface area (TPSA) is 96.9 Å². The van der Waals surface area contributed by atoms with Crippen LogP contribution < -0.4 is 20.1 Å². The third-order valence-corrected chi connectivity index (χ3v) is 6.96. The first kappa shape index (κ1) is 24.4. The van der Waals surface area contributed by atoms with Gasteiger partial charge in [-0.25, -0.2) is 0 Å². The highest BCUT2D eigenvalue weighted by Gasteiger charge is 2.42. The standard InChI is InChI=1S/C30H30N2O5/c1-30(2)15-22-26(23(33)16-30)27(19-13-24(36-3)29(35)25(14-19)37-4)32-20-11-10-18(12-21(20)31-22)28(34)17-8-6-5-7-9-17/h5-15,26-27,31-32,35H,16H2,1-4H3/t26-,27+/m0/s1. The van der Waals surface area contributed by atoms with E-state index in [0.29, 0.717) is 23.2 Å². The summed E-state index contributed by atoms with van der Waals surface area (Å²) in [5, 5.41) is 17.5. The molecular formula is C30H30N2O5. The molecule has 7 heteroatoms. The molecule has 0 spiro atoms. The van der Waals surface area contributed by atoms with E-state index in [4.69, 9.17) is 9.47 Å². The van der Waals surface area contributed by atoms with E-state index in [1.165, 1.54) is 14.2 Å². The highest BCUT2D eigenvalue weighted by molar-refractivity contribution is 6.10. The minimum atomic E-state index is -0.521. The van der Waals surface area contributed by atoms with E-state index in [1.807, 2.05) is 44.2 Å². The Morgan fingerprint density at radius 2 is 1.62 bits per heavy atom. The summed E-state index contributed by atoms with van der Waals surface area (Å²) in [5.74, 6) is -0.0982. The van der Waals surface area contributed by atoms with Crippen molar-refractivity contribution in [2.45, 2.75) is 26.3 Å². The van der Waals surface area contributed by atoms with Gasteiger partial charge in [-0.05, 0) is 41.3 Å². The van der Waals surface area contributed by atoms with Crippen LogP contribution in [0.2, 0.25) is 0 Å². The van der Waals surface area contributed by atoms with Crippen LogP contribution in [0.1, 0.15) is 47.8 Å². The first-order valence-electron chi connectivity index (χ1n) is 12.2. The fourth-order valence-electron chi connectivity index (χ4n) is 5.22. The van der Waals surface area contributed by atoms with Crippen LogP contribution in [-0.2, 0) is 4.79 Å². The lowest BCUT2D eigenvalue weighted by molar-refractivity contribution is -0.124. The Morgan fingerprint density at radius 3 is 2.27 bits per heavy atom. The van der Waals surface area contributed by atoms with E-state index >= 15 is 0 Å². The zero-order valence-corrected chi connectivity index (χ0v) is 21.3. The molecule has 3 aromatic rings. The van der Waals surface area contributed by atoms with Gasteiger partial charge in [0.15, 0.2) is 17.3 Å². The SMILES string of the molecule is COc1cc([C@H]2Nc3ccc(C(=O)c4ccccc4)cc3NC3=CC(C)(C)CC(=O)[C@H]32)cc(OC)c1O. The van der Waals surface area contributed by atoms with E-state index in [2.05, 4.69) is 16.7 Å². The lowest BCUT2D eigenvalue weighted by atomic mass is 9.72. The Balaban J connectivity index is 1.64.